The molecule has 0 aliphatic heterocycles. The van der Waals surface area contributed by atoms with Crippen molar-refractivity contribution < 1.29 is 9.47 Å². The summed E-state index contributed by atoms with van der Waals surface area (Å²) in [6.07, 6.45) is 0. The lowest BCUT2D eigenvalue weighted by molar-refractivity contribution is 0.290. The molecule has 0 saturated carbocycles. The Hall–Kier alpha value is -2.18. The largest absolute Gasteiger partial charge is 0.497 e. The molecule has 0 spiro atoms. The van der Waals surface area contributed by atoms with Gasteiger partial charge in [-0.15, -0.1) is 10.2 Å². The van der Waals surface area contributed by atoms with Gasteiger partial charge in [-0.05, 0) is 42.0 Å². The monoisotopic (exact) mass is 375 g/mol. The van der Waals surface area contributed by atoms with Crippen LogP contribution in [0.25, 0.3) is 0 Å². The number of benzene rings is 2. The normalized spacial score (nSPS) is 10.7. The van der Waals surface area contributed by atoms with E-state index in [0.717, 1.165) is 38.8 Å². The van der Waals surface area contributed by atoms with Crippen molar-refractivity contribution in [1.82, 2.24) is 14.8 Å². The Bertz CT molecular complexity index is 837. The van der Waals surface area contributed by atoms with Crippen molar-refractivity contribution in [1.29, 1.82) is 0 Å². The van der Waals surface area contributed by atoms with E-state index in [1.807, 2.05) is 60.1 Å². The van der Waals surface area contributed by atoms with Crippen molar-refractivity contribution >= 4 is 23.4 Å². The number of halogens is 1. The Labute approximate surface area is 155 Å². The molecule has 0 aliphatic rings. The highest BCUT2D eigenvalue weighted by molar-refractivity contribution is 7.98. The molecular weight excluding hydrogens is 358 g/mol. The van der Waals surface area contributed by atoms with E-state index in [9.17, 15) is 0 Å². The molecule has 0 radical (unpaired) electrons. The number of hydrogen-bond acceptors (Lipinski definition) is 5. The number of aromatic nitrogens is 3. The third kappa shape index (κ3) is 4.67. The maximum atomic E-state index is 6.01. The molecule has 3 aromatic rings. The Morgan fingerprint density at radius 3 is 2.56 bits per heavy atom. The maximum Gasteiger partial charge on any atom is 0.191 e. The van der Waals surface area contributed by atoms with Crippen molar-refractivity contribution in [3.8, 4) is 11.5 Å². The number of rotatable bonds is 7. The standard InChI is InChI=1S/C18H18ClN3O2S/c1-22-17(11-24-16-8-6-15(23-2)7-9-16)20-21-18(22)25-12-13-4-3-5-14(19)10-13/h3-10H,11-12H2,1-2H3. The summed E-state index contributed by atoms with van der Waals surface area (Å²) in [5, 5.41) is 10.0. The van der Waals surface area contributed by atoms with Gasteiger partial charge in [-0.3, -0.25) is 0 Å². The van der Waals surface area contributed by atoms with Crippen LogP contribution in [0.5, 0.6) is 11.5 Å². The third-order valence-electron chi connectivity index (χ3n) is 3.61. The van der Waals surface area contributed by atoms with Crippen molar-refractivity contribution in [3.63, 3.8) is 0 Å². The molecule has 0 atom stereocenters. The molecular formula is C18H18ClN3O2S. The zero-order valence-corrected chi connectivity index (χ0v) is 15.5. The molecule has 0 bridgehead atoms. The van der Waals surface area contributed by atoms with Crippen LogP contribution in [-0.4, -0.2) is 21.9 Å². The van der Waals surface area contributed by atoms with Gasteiger partial charge in [0.05, 0.1) is 7.11 Å². The van der Waals surface area contributed by atoms with Crippen molar-refractivity contribution in [2.75, 3.05) is 7.11 Å². The summed E-state index contributed by atoms with van der Waals surface area (Å²) in [5.74, 6) is 3.11. The average molecular weight is 376 g/mol. The topological polar surface area (TPSA) is 49.2 Å². The van der Waals surface area contributed by atoms with E-state index >= 15 is 0 Å². The molecule has 25 heavy (non-hydrogen) atoms. The molecule has 0 amide bonds. The summed E-state index contributed by atoms with van der Waals surface area (Å²) in [7, 11) is 3.57. The lowest BCUT2D eigenvalue weighted by Gasteiger charge is -2.07. The Morgan fingerprint density at radius 1 is 1.08 bits per heavy atom. The van der Waals surface area contributed by atoms with E-state index in [4.69, 9.17) is 21.1 Å². The second-order valence-corrected chi connectivity index (χ2v) is 6.72. The van der Waals surface area contributed by atoms with Crippen LogP contribution in [-0.2, 0) is 19.4 Å². The molecule has 0 unspecified atom stereocenters. The lowest BCUT2D eigenvalue weighted by Crippen LogP contribution is -2.04. The van der Waals surface area contributed by atoms with Gasteiger partial charge >= 0.3 is 0 Å². The van der Waals surface area contributed by atoms with Crippen molar-refractivity contribution in [3.05, 3.63) is 64.9 Å². The van der Waals surface area contributed by atoms with E-state index in [0.29, 0.717) is 6.61 Å². The van der Waals surface area contributed by atoms with Crippen LogP contribution in [0.2, 0.25) is 5.02 Å². The van der Waals surface area contributed by atoms with Gasteiger partial charge in [-0.25, -0.2) is 0 Å². The van der Waals surface area contributed by atoms with Gasteiger partial charge in [-0.2, -0.15) is 0 Å². The minimum atomic E-state index is 0.355. The minimum absolute atomic E-state index is 0.355. The molecule has 0 fully saturated rings. The van der Waals surface area contributed by atoms with Gasteiger partial charge in [0.2, 0.25) is 0 Å². The molecule has 5 nitrogen and oxygen atoms in total. The Kier molecular flexibility index (Phi) is 5.83. The highest BCUT2D eigenvalue weighted by Crippen LogP contribution is 2.23. The predicted octanol–water partition coefficient (Wildman–Crippen LogP) is 4.35. The fraction of sp³-hybridized carbons (Fsp3) is 0.222. The predicted molar refractivity (Wildman–Crippen MR) is 99.3 cm³/mol. The smallest absolute Gasteiger partial charge is 0.191 e. The molecule has 130 valence electrons. The maximum absolute atomic E-state index is 6.01. The number of methoxy groups -OCH3 is 1. The molecule has 1 aromatic heterocycles. The Morgan fingerprint density at radius 2 is 1.84 bits per heavy atom. The second-order valence-electron chi connectivity index (χ2n) is 5.34. The van der Waals surface area contributed by atoms with Crippen molar-refractivity contribution in [2.45, 2.75) is 17.5 Å². The summed E-state index contributed by atoms with van der Waals surface area (Å²) >= 11 is 7.63. The SMILES string of the molecule is COc1ccc(OCc2nnc(SCc3cccc(Cl)c3)n2C)cc1. The molecule has 0 aliphatic carbocycles. The fourth-order valence-electron chi connectivity index (χ4n) is 2.19. The molecule has 7 heteroatoms. The minimum Gasteiger partial charge on any atom is -0.497 e. The summed E-state index contributed by atoms with van der Waals surface area (Å²) in [4.78, 5) is 0. The summed E-state index contributed by atoms with van der Waals surface area (Å²) in [6.45, 7) is 0.355. The first kappa shape index (κ1) is 17.6. The second kappa shape index (κ2) is 8.27. The van der Waals surface area contributed by atoms with E-state index in [1.54, 1.807) is 18.9 Å². The molecule has 0 saturated heterocycles. The number of ether oxygens (including phenoxy) is 2. The number of hydrogen-bond donors (Lipinski definition) is 0. The quantitative estimate of drug-likeness (QED) is 0.574. The molecule has 2 aromatic carbocycles. The van der Waals surface area contributed by atoms with Crippen LogP contribution in [0, 0.1) is 0 Å². The highest BCUT2D eigenvalue weighted by atomic mass is 35.5. The Balaban J connectivity index is 1.58. The zero-order valence-electron chi connectivity index (χ0n) is 14.0. The molecule has 0 N–H and O–H groups in total. The van der Waals surface area contributed by atoms with Crippen LogP contribution in [0.15, 0.2) is 53.7 Å². The van der Waals surface area contributed by atoms with Crippen LogP contribution in [0.4, 0.5) is 0 Å². The summed E-state index contributed by atoms with van der Waals surface area (Å²) in [6, 6.07) is 15.3. The van der Waals surface area contributed by atoms with Crippen LogP contribution >= 0.6 is 23.4 Å². The van der Waals surface area contributed by atoms with E-state index in [1.165, 1.54) is 0 Å². The van der Waals surface area contributed by atoms with Crippen LogP contribution in [0.3, 0.4) is 0 Å². The van der Waals surface area contributed by atoms with E-state index in [-0.39, 0.29) is 0 Å². The van der Waals surface area contributed by atoms with E-state index in [2.05, 4.69) is 10.2 Å². The lowest BCUT2D eigenvalue weighted by atomic mass is 10.2. The van der Waals surface area contributed by atoms with Crippen LogP contribution in [0.1, 0.15) is 11.4 Å². The molecule has 3 rings (SSSR count). The average Bonchev–Trinajstić information content (AvgIpc) is 2.98. The summed E-state index contributed by atoms with van der Waals surface area (Å²) in [5.41, 5.74) is 1.15. The van der Waals surface area contributed by atoms with Gasteiger partial charge in [0, 0.05) is 17.8 Å². The summed E-state index contributed by atoms with van der Waals surface area (Å²) < 4.78 is 12.8. The first-order valence-corrected chi connectivity index (χ1v) is 9.04. The third-order valence-corrected chi connectivity index (χ3v) is 4.94. The number of nitrogens with zero attached hydrogens (tertiary/aromatic N) is 3. The highest BCUT2D eigenvalue weighted by Gasteiger charge is 2.10. The van der Waals surface area contributed by atoms with E-state index < -0.39 is 0 Å². The van der Waals surface area contributed by atoms with Gasteiger partial charge in [-0.1, -0.05) is 35.5 Å². The van der Waals surface area contributed by atoms with Crippen molar-refractivity contribution in [2.24, 2.45) is 7.05 Å². The first-order chi connectivity index (χ1) is 12.2. The van der Waals surface area contributed by atoms with Gasteiger partial charge in [0.1, 0.15) is 18.1 Å². The van der Waals surface area contributed by atoms with Gasteiger partial charge < -0.3 is 14.0 Å². The fourth-order valence-corrected chi connectivity index (χ4v) is 3.28. The van der Waals surface area contributed by atoms with Gasteiger partial charge in [0.15, 0.2) is 11.0 Å². The van der Waals surface area contributed by atoms with Gasteiger partial charge in [0.25, 0.3) is 0 Å². The van der Waals surface area contributed by atoms with Crippen LogP contribution < -0.4 is 9.47 Å². The zero-order chi connectivity index (χ0) is 17.6. The number of thioether (sulfide) groups is 1. The molecule has 1 heterocycles. The first-order valence-electron chi connectivity index (χ1n) is 7.68.